The van der Waals surface area contributed by atoms with Crippen molar-refractivity contribution in [3.8, 4) is 0 Å². The minimum absolute atomic E-state index is 0.0210. The summed E-state index contributed by atoms with van der Waals surface area (Å²) in [6.45, 7) is 4.14. The normalized spacial score (nSPS) is 25.4. The monoisotopic (exact) mass is 230 g/mol. The minimum atomic E-state index is -0.421. The summed E-state index contributed by atoms with van der Waals surface area (Å²) in [5, 5.41) is 14.6. The maximum Gasteiger partial charge on any atom is 0.240 e. The predicted molar refractivity (Wildman–Crippen MR) is 61.2 cm³/mol. The first-order valence-electron chi connectivity index (χ1n) is 5.91. The Balaban J connectivity index is 2.18. The van der Waals surface area contributed by atoms with Gasteiger partial charge in [0.1, 0.15) is 0 Å². The van der Waals surface area contributed by atoms with Crippen LogP contribution < -0.4 is 10.6 Å². The summed E-state index contributed by atoms with van der Waals surface area (Å²) in [4.78, 5) is 11.9. The molecular formula is C11H22N2O3. The number of piperidine rings is 1. The van der Waals surface area contributed by atoms with E-state index in [9.17, 15) is 4.79 Å². The number of ether oxygens (including phenoxy) is 1. The molecule has 1 amide bonds. The van der Waals surface area contributed by atoms with Crippen molar-refractivity contribution in [3.05, 3.63) is 0 Å². The fourth-order valence-corrected chi connectivity index (χ4v) is 1.85. The second-order valence-electron chi connectivity index (χ2n) is 4.31. The molecule has 1 rings (SSSR count). The van der Waals surface area contributed by atoms with Crippen LogP contribution in [-0.4, -0.2) is 49.5 Å². The molecule has 5 nitrogen and oxygen atoms in total. The van der Waals surface area contributed by atoms with E-state index in [-0.39, 0.29) is 12.5 Å². The van der Waals surface area contributed by atoms with Crippen molar-refractivity contribution in [3.63, 3.8) is 0 Å². The summed E-state index contributed by atoms with van der Waals surface area (Å²) in [7, 11) is 0. The highest BCUT2D eigenvalue weighted by Crippen LogP contribution is 2.18. The van der Waals surface area contributed by atoms with E-state index in [0.717, 1.165) is 25.8 Å². The quantitative estimate of drug-likeness (QED) is 0.545. The van der Waals surface area contributed by atoms with Crippen LogP contribution in [0, 0.1) is 0 Å². The molecule has 1 aliphatic heterocycles. The SMILES string of the molecule is CC1(C(=O)NCCOCCO)CCCCN1. The Labute approximate surface area is 96.6 Å². The van der Waals surface area contributed by atoms with E-state index >= 15 is 0 Å². The van der Waals surface area contributed by atoms with Crippen molar-refractivity contribution in [1.82, 2.24) is 10.6 Å². The lowest BCUT2D eigenvalue weighted by atomic mass is 9.90. The highest BCUT2D eigenvalue weighted by atomic mass is 16.5. The third-order valence-corrected chi connectivity index (χ3v) is 2.89. The van der Waals surface area contributed by atoms with Crippen molar-refractivity contribution in [1.29, 1.82) is 0 Å². The van der Waals surface area contributed by atoms with Gasteiger partial charge in [0.25, 0.3) is 0 Å². The Morgan fingerprint density at radius 1 is 1.50 bits per heavy atom. The van der Waals surface area contributed by atoms with E-state index in [1.807, 2.05) is 6.92 Å². The van der Waals surface area contributed by atoms with Crippen molar-refractivity contribution < 1.29 is 14.6 Å². The number of amides is 1. The summed E-state index contributed by atoms with van der Waals surface area (Å²) in [5.41, 5.74) is -0.421. The van der Waals surface area contributed by atoms with Gasteiger partial charge in [-0.25, -0.2) is 0 Å². The van der Waals surface area contributed by atoms with Crippen LogP contribution in [0.5, 0.6) is 0 Å². The van der Waals surface area contributed by atoms with Gasteiger partial charge in [-0.15, -0.1) is 0 Å². The lowest BCUT2D eigenvalue weighted by Crippen LogP contribution is -2.57. The molecule has 0 aromatic carbocycles. The highest BCUT2D eigenvalue weighted by molar-refractivity contribution is 5.85. The van der Waals surface area contributed by atoms with Gasteiger partial charge in [-0.3, -0.25) is 4.79 Å². The fourth-order valence-electron chi connectivity index (χ4n) is 1.85. The molecule has 1 saturated heterocycles. The molecule has 0 radical (unpaired) electrons. The van der Waals surface area contributed by atoms with E-state index in [0.29, 0.717) is 19.8 Å². The second-order valence-corrected chi connectivity index (χ2v) is 4.31. The van der Waals surface area contributed by atoms with Crippen LogP contribution in [0.4, 0.5) is 0 Å². The number of aliphatic hydroxyl groups excluding tert-OH is 1. The van der Waals surface area contributed by atoms with Crippen LogP contribution in [0.15, 0.2) is 0 Å². The molecule has 0 aliphatic carbocycles. The van der Waals surface area contributed by atoms with Gasteiger partial charge in [0, 0.05) is 6.54 Å². The van der Waals surface area contributed by atoms with Gasteiger partial charge in [-0.2, -0.15) is 0 Å². The van der Waals surface area contributed by atoms with E-state index < -0.39 is 5.54 Å². The molecule has 1 unspecified atom stereocenters. The van der Waals surface area contributed by atoms with Gasteiger partial charge < -0.3 is 20.5 Å². The maximum atomic E-state index is 11.9. The van der Waals surface area contributed by atoms with Crippen LogP contribution in [0.2, 0.25) is 0 Å². The zero-order valence-electron chi connectivity index (χ0n) is 9.92. The van der Waals surface area contributed by atoms with Gasteiger partial charge >= 0.3 is 0 Å². The molecule has 0 bridgehead atoms. The lowest BCUT2D eigenvalue weighted by molar-refractivity contribution is -0.128. The van der Waals surface area contributed by atoms with E-state index in [1.54, 1.807) is 0 Å². The third kappa shape index (κ3) is 4.08. The van der Waals surface area contributed by atoms with Gasteiger partial charge in [0.05, 0.1) is 25.4 Å². The molecule has 1 aliphatic rings. The molecule has 0 aromatic heterocycles. The van der Waals surface area contributed by atoms with Gasteiger partial charge in [0.2, 0.25) is 5.91 Å². The molecule has 1 heterocycles. The predicted octanol–water partition coefficient (Wildman–Crippen LogP) is -0.356. The van der Waals surface area contributed by atoms with Crippen LogP contribution in [0.3, 0.4) is 0 Å². The molecule has 16 heavy (non-hydrogen) atoms. The summed E-state index contributed by atoms with van der Waals surface area (Å²) < 4.78 is 5.07. The summed E-state index contributed by atoms with van der Waals surface area (Å²) in [5.74, 6) is 0.0415. The molecule has 0 spiro atoms. The highest BCUT2D eigenvalue weighted by Gasteiger charge is 2.33. The van der Waals surface area contributed by atoms with E-state index in [2.05, 4.69) is 10.6 Å². The molecule has 0 saturated carbocycles. The largest absolute Gasteiger partial charge is 0.394 e. The Morgan fingerprint density at radius 2 is 2.31 bits per heavy atom. The molecule has 3 N–H and O–H groups in total. The molecule has 94 valence electrons. The number of carbonyl (C=O) groups is 1. The molecule has 5 heteroatoms. The number of hydrogen-bond donors (Lipinski definition) is 3. The average molecular weight is 230 g/mol. The van der Waals surface area contributed by atoms with E-state index in [4.69, 9.17) is 9.84 Å². The molecule has 0 aromatic rings. The topological polar surface area (TPSA) is 70.6 Å². The van der Waals surface area contributed by atoms with Gasteiger partial charge in [-0.05, 0) is 32.7 Å². The molecular weight excluding hydrogens is 208 g/mol. The number of aliphatic hydroxyl groups is 1. The second kappa shape index (κ2) is 6.83. The summed E-state index contributed by atoms with van der Waals surface area (Å²) >= 11 is 0. The number of nitrogens with one attached hydrogen (secondary N) is 2. The minimum Gasteiger partial charge on any atom is -0.394 e. The summed E-state index contributed by atoms with van der Waals surface area (Å²) in [6, 6.07) is 0. The first-order valence-corrected chi connectivity index (χ1v) is 5.91. The zero-order chi connectivity index (χ0) is 11.9. The molecule has 1 fully saturated rings. The Morgan fingerprint density at radius 3 is 2.94 bits per heavy atom. The number of hydrogen-bond acceptors (Lipinski definition) is 4. The van der Waals surface area contributed by atoms with Crippen molar-refractivity contribution in [2.24, 2.45) is 0 Å². The van der Waals surface area contributed by atoms with Crippen LogP contribution in [0.25, 0.3) is 0 Å². The Bertz CT molecular complexity index is 215. The van der Waals surface area contributed by atoms with E-state index in [1.165, 1.54) is 0 Å². The average Bonchev–Trinajstić information content (AvgIpc) is 2.29. The number of rotatable bonds is 6. The zero-order valence-corrected chi connectivity index (χ0v) is 9.92. The maximum absolute atomic E-state index is 11.9. The Hall–Kier alpha value is -0.650. The first-order chi connectivity index (χ1) is 7.69. The first kappa shape index (κ1) is 13.4. The Kier molecular flexibility index (Phi) is 5.73. The smallest absolute Gasteiger partial charge is 0.240 e. The lowest BCUT2D eigenvalue weighted by Gasteiger charge is -2.33. The van der Waals surface area contributed by atoms with Crippen LogP contribution in [0.1, 0.15) is 26.2 Å². The van der Waals surface area contributed by atoms with Crippen molar-refractivity contribution in [2.45, 2.75) is 31.7 Å². The van der Waals surface area contributed by atoms with Crippen molar-refractivity contribution >= 4 is 5.91 Å². The van der Waals surface area contributed by atoms with Gasteiger partial charge in [0.15, 0.2) is 0 Å². The van der Waals surface area contributed by atoms with Crippen molar-refractivity contribution in [2.75, 3.05) is 32.9 Å². The third-order valence-electron chi connectivity index (χ3n) is 2.89. The standard InChI is InChI=1S/C11H22N2O3/c1-11(4-2-3-5-13-11)10(15)12-6-8-16-9-7-14/h13-14H,2-9H2,1H3,(H,12,15). The van der Waals surface area contributed by atoms with Crippen LogP contribution in [-0.2, 0) is 9.53 Å². The van der Waals surface area contributed by atoms with Crippen LogP contribution >= 0.6 is 0 Å². The van der Waals surface area contributed by atoms with Gasteiger partial charge in [-0.1, -0.05) is 0 Å². The summed E-state index contributed by atoms with van der Waals surface area (Å²) in [6.07, 6.45) is 3.12. The fraction of sp³-hybridized carbons (Fsp3) is 0.909. The number of carbonyl (C=O) groups excluding carboxylic acids is 1. The molecule has 1 atom stereocenters.